The minimum atomic E-state index is -1.05. The molecule has 4 saturated heterocycles. The molecule has 14 N–H and O–H groups in total. The van der Waals surface area contributed by atoms with Gasteiger partial charge in [0.2, 0.25) is 11.7 Å². The average Bonchev–Trinajstić information content (AvgIpc) is 1.02. The monoisotopic (exact) mass is 1980 g/mol. The van der Waals surface area contributed by atoms with E-state index in [9.17, 15) is 56.0 Å². The van der Waals surface area contributed by atoms with E-state index in [1.165, 1.54) is 95.9 Å². The number of rotatable bonds is 18. The van der Waals surface area contributed by atoms with Gasteiger partial charge in [0.15, 0.2) is 0 Å². The first-order chi connectivity index (χ1) is 59.7. The molecule has 27 heteroatoms. The standard InChI is InChI=1S/2C25H38N2O2.C24H36N2O3.C21H25N3O2.C4H9NO.C2H6O.CH4.BBr3.B.Na.H/c2*1-16(2)14-26-21-12-25(29)23-11-19-7-4-17(3)10-20(19)24(25,13-22(21)28)8-9-27(23)15-18-5-6-18;1-15(2)13-25-20-11-24(29)22-9-17-5-6-18(27)10-19(17)23(24,12-21(20)28)7-8-26(22)14-16-3-4-16;1-13-2-5-15-9-19-21(26)10-17(23-22)18(25)11-20(21,16(15)8-13)6-7-24(19)12-14-3-4-14;1-3(2)4(5)6;1-2-3;;2-1(3)4;;;/h2*4,7,10,16,18,21-23,26,28-29H,5-6,8-9,11-15H2,1-3H3;5-6,10,15-16,20-22,25,27-29H,3-4,7-9,11-14H2,1-2H3;2,5,8,14,19,26H,3-4,6-7,9-12H2,1H3;3H,1-2H3,(H2,5,6);3H,2H2,1H3;1H4;;;;/q;;;;;;;;;+1;-1/t2*21-,22?,23-,24-,25-;20-,21?,22-,23-,24-;19-,20-,21-;;;;;;;/m1111......./s1. The van der Waals surface area contributed by atoms with E-state index in [1.54, 1.807) is 26.8 Å². The number of piperidine rings is 4. The number of phenolic OH excluding ortho intramolecular Hbond substituents is 1. The van der Waals surface area contributed by atoms with Gasteiger partial charge in [-0.1, -0.05) is 140 Å². The van der Waals surface area contributed by atoms with E-state index in [0.717, 1.165) is 164 Å². The van der Waals surface area contributed by atoms with Gasteiger partial charge in [-0.2, -0.15) is 4.79 Å². The third kappa shape index (κ3) is 21.9. The number of phenols is 1. The molecule has 8 saturated carbocycles. The number of hydrogen-bond donors (Lipinski definition) is 13. The number of carbonyl (C=O) groups excluding carboxylic acids is 2. The van der Waals surface area contributed by atoms with Crippen molar-refractivity contribution >= 4 is 76.3 Å². The number of aliphatic hydroxyl groups excluding tert-OH is 4. The number of Topliss-reactive ketones (excluding diaryl/α,β-unsaturated/α-hetero) is 1. The van der Waals surface area contributed by atoms with Crippen LogP contribution in [0.3, 0.4) is 0 Å². The zero-order valence-corrected chi connectivity index (χ0v) is 85.9. The van der Waals surface area contributed by atoms with E-state index in [0.29, 0.717) is 56.3 Å². The number of nitrogens with zero attached hydrogens (tertiary/aromatic N) is 6. The van der Waals surface area contributed by atoms with Gasteiger partial charge in [-0.15, -0.1) is 47.3 Å². The molecule has 4 heterocycles. The molecule has 12 aliphatic carbocycles. The van der Waals surface area contributed by atoms with Gasteiger partial charge in [-0.05, 0) is 313 Å². The Morgan fingerprint density at radius 3 is 1.03 bits per heavy atom. The van der Waals surface area contributed by atoms with E-state index in [-0.39, 0.29) is 152 Å². The fourth-order valence-corrected chi connectivity index (χ4v) is 25.6. The van der Waals surface area contributed by atoms with Gasteiger partial charge in [-0.3, -0.25) is 29.2 Å². The number of aliphatic hydroxyl groups is 8. The van der Waals surface area contributed by atoms with Crippen LogP contribution >= 0.6 is 47.3 Å². The number of nitrogens with two attached hydrogens (primary N) is 1. The number of hydrogen-bond acceptors (Lipinski definition) is 18. The maximum Gasteiger partial charge on any atom is 1.00 e. The Kier molecular flexibility index (Phi) is 35.8. The van der Waals surface area contributed by atoms with Crippen LogP contribution < -0.4 is 51.2 Å². The Balaban J connectivity index is 0.000000170. The SMILES string of the molecule is BrB(Br)Br.C.CC(C)C(N)=O.CC(C)CN[C@@H]1C[C@@]2(O)[C@H]3Cc4ccc(O)cc4[C@@]2(CCN3CC2CC2)CC1O.CCO.Cc1ccc2c(c1)[C@]13CCN(CC4CC4)[C@H](C2)[C@]1(O)CC(=[N+]=[N-])C(=O)C3.Cc1ccc2c(c1)[C@]13CCN(CC4CC4)[C@H](C2)[C@]1(O)C[C@@H](NCC(C)C)C(O)C3.Cc1ccc2c(c1)[C@]13CCN(CC4CC4)[C@H](C2)[C@]1(O)C[C@@H](NCC(C)C)C(O)C3.[B].[H-].[Na+]. The molecule has 0 spiro atoms. The number of ketones is 1. The normalized spacial score (nSPS) is 34.6. The Bertz CT molecular complexity index is 4240. The van der Waals surface area contributed by atoms with Gasteiger partial charge in [0.1, 0.15) is 11.4 Å². The van der Waals surface area contributed by atoms with Crippen molar-refractivity contribution in [1.82, 2.24) is 35.6 Å². The van der Waals surface area contributed by atoms with E-state index in [2.05, 4.69) is 205 Å². The van der Waals surface area contributed by atoms with E-state index in [4.69, 9.17) is 10.8 Å². The van der Waals surface area contributed by atoms with Crippen molar-refractivity contribution in [3.63, 3.8) is 0 Å². The number of fused-ring (bicyclic) bond motifs is 4. The van der Waals surface area contributed by atoms with Gasteiger partial charge in [0.05, 0.1) is 41.5 Å². The molecule has 20 rings (SSSR count). The average molecular weight is 1980 g/mol. The molecular formula is C102H157B2Br3N10NaO11. The van der Waals surface area contributed by atoms with Crippen LogP contribution in [0.2, 0.25) is 0 Å². The molecule has 18 atom stereocenters. The molecule has 4 aromatic carbocycles. The van der Waals surface area contributed by atoms with Crippen molar-refractivity contribution in [2.75, 3.05) is 78.6 Å². The number of primary amides is 1. The number of nitrogens with one attached hydrogen (secondary N) is 3. The summed E-state index contributed by atoms with van der Waals surface area (Å²) in [6.07, 6.45) is 20.5. The molecule has 8 bridgehead atoms. The smallest absolute Gasteiger partial charge is 1.00 e. The van der Waals surface area contributed by atoms with Crippen LogP contribution in [-0.2, 0) is 56.9 Å². The number of carbonyl (C=O) groups is 2. The van der Waals surface area contributed by atoms with E-state index < -0.39 is 51.5 Å². The molecule has 4 aromatic rings. The molecule has 21 nitrogen and oxygen atoms in total. The first-order valence-corrected chi connectivity index (χ1v) is 51.3. The van der Waals surface area contributed by atoms with Gasteiger partial charge in [0.25, 0.3) is 0 Å². The van der Waals surface area contributed by atoms with Crippen LogP contribution in [0.15, 0.2) is 72.8 Å². The van der Waals surface area contributed by atoms with E-state index in [1.807, 2.05) is 12.1 Å². The van der Waals surface area contributed by atoms with Gasteiger partial charge < -0.3 is 74.6 Å². The quantitative estimate of drug-likeness (QED) is 0.0250. The second kappa shape index (κ2) is 43.3. The maximum atomic E-state index is 12.7. The molecule has 16 aliphatic rings. The van der Waals surface area contributed by atoms with Crippen LogP contribution in [0.4, 0.5) is 0 Å². The summed E-state index contributed by atoms with van der Waals surface area (Å²) in [5, 5.41) is 111. The summed E-state index contributed by atoms with van der Waals surface area (Å²) in [4.78, 5) is 36.0. The van der Waals surface area contributed by atoms with Gasteiger partial charge in [0, 0.05) is 117 Å². The largest absolute Gasteiger partial charge is 1.00 e. The predicted octanol–water partition coefficient (Wildman–Crippen LogP) is 9.41. The fourth-order valence-electron chi connectivity index (χ4n) is 25.6. The number of benzene rings is 4. The number of aromatic hydroxyl groups is 1. The molecule has 12 fully saturated rings. The summed E-state index contributed by atoms with van der Waals surface area (Å²) in [6.45, 7) is 36.0. The van der Waals surface area contributed by atoms with Crippen LogP contribution in [0.1, 0.15) is 261 Å². The van der Waals surface area contributed by atoms with Crippen LogP contribution in [0, 0.1) is 68.1 Å². The van der Waals surface area contributed by atoms with Gasteiger partial charge in [-0.25, -0.2) is 0 Å². The zero-order chi connectivity index (χ0) is 90.7. The van der Waals surface area contributed by atoms with Crippen LogP contribution in [-0.4, -0.2) is 261 Å². The Hall–Kier alpha value is -2.83. The predicted molar refractivity (Wildman–Crippen MR) is 525 cm³/mol. The van der Waals surface area contributed by atoms with Crippen molar-refractivity contribution in [3.8, 4) is 5.75 Å². The topological polar surface area (TPSA) is 328 Å². The van der Waals surface area contributed by atoms with Crippen molar-refractivity contribution in [2.45, 2.75) is 349 Å². The van der Waals surface area contributed by atoms with Crippen molar-refractivity contribution in [3.05, 3.63) is 140 Å². The van der Waals surface area contributed by atoms with Crippen molar-refractivity contribution in [1.29, 1.82) is 0 Å². The minimum absolute atomic E-state index is 0. The Labute approximate surface area is 822 Å². The summed E-state index contributed by atoms with van der Waals surface area (Å²) in [5.41, 5.74) is 23.0. The van der Waals surface area contributed by atoms with Crippen molar-refractivity contribution in [2.24, 2.45) is 53.1 Å². The molecular weight excluding hydrogens is 1830 g/mol. The Morgan fingerprint density at radius 2 is 0.760 bits per heavy atom. The fraction of sp³-hybridized carbons (Fsp3) is 0.735. The number of aryl methyl sites for hydroxylation is 3. The first kappa shape index (κ1) is 107. The molecule has 709 valence electrons. The summed E-state index contributed by atoms with van der Waals surface area (Å²) >= 11 is 9.31. The summed E-state index contributed by atoms with van der Waals surface area (Å²) in [5.74, 6) is 4.65. The number of halogens is 3. The third-order valence-corrected chi connectivity index (χ3v) is 32.9. The molecule has 3 unspecified atom stereocenters. The number of likely N-dealkylation sites (tertiary alicyclic amines) is 4. The molecule has 0 aromatic heterocycles. The zero-order valence-electron chi connectivity index (χ0n) is 80.2. The summed E-state index contributed by atoms with van der Waals surface area (Å²) in [7, 11) is 0. The second-order valence-electron chi connectivity index (χ2n) is 43.6. The maximum absolute atomic E-state index is 12.7. The number of amides is 1. The van der Waals surface area contributed by atoms with Gasteiger partial charge >= 0.3 is 38.5 Å². The first-order valence-electron chi connectivity index (χ1n) is 48.5. The molecule has 129 heavy (non-hydrogen) atoms. The Morgan fingerprint density at radius 1 is 0.496 bits per heavy atom. The van der Waals surface area contributed by atoms with Crippen LogP contribution in [0.5, 0.6) is 5.75 Å². The molecule has 3 radical (unpaired) electrons. The van der Waals surface area contributed by atoms with Crippen molar-refractivity contribution < 1.29 is 91.3 Å². The van der Waals surface area contributed by atoms with Crippen LogP contribution in [0.25, 0.3) is 5.53 Å². The molecule has 4 aliphatic heterocycles. The molecule has 1 amide bonds. The summed E-state index contributed by atoms with van der Waals surface area (Å²) < 4.78 is 0.271. The summed E-state index contributed by atoms with van der Waals surface area (Å²) in [6, 6.07) is 26.0. The minimum Gasteiger partial charge on any atom is -1.00 e. The second-order valence-corrected chi connectivity index (χ2v) is 50.0. The van der Waals surface area contributed by atoms with E-state index >= 15 is 0 Å². The third-order valence-electron chi connectivity index (χ3n) is 32.9.